The van der Waals surface area contributed by atoms with Crippen LogP contribution in [0.1, 0.15) is 25.5 Å². The Balaban J connectivity index is 2.30. The third-order valence-electron chi connectivity index (χ3n) is 3.72. The van der Waals surface area contributed by atoms with Crippen molar-refractivity contribution in [1.82, 2.24) is 4.98 Å². The van der Waals surface area contributed by atoms with E-state index in [1.54, 1.807) is 6.07 Å². The van der Waals surface area contributed by atoms with Gasteiger partial charge in [0.1, 0.15) is 5.69 Å². The van der Waals surface area contributed by atoms with E-state index in [0.717, 1.165) is 25.5 Å². The Hall–Kier alpha value is -1.30. The van der Waals surface area contributed by atoms with Crippen LogP contribution in [0.5, 0.6) is 0 Å². The van der Waals surface area contributed by atoms with Crippen LogP contribution in [0.25, 0.3) is 0 Å². The molecule has 0 bridgehead atoms. The molecule has 0 aromatic carbocycles. The second-order valence-electron chi connectivity index (χ2n) is 5.01. The third kappa shape index (κ3) is 3.00. The van der Waals surface area contributed by atoms with Gasteiger partial charge in [0.2, 0.25) is 0 Å². The average Bonchev–Trinajstić information content (AvgIpc) is 2.37. The Bertz CT molecular complexity index is 433. The van der Waals surface area contributed by atoms with Crippen LogP contribution < -0.4 is 10.6 Å². The molecular formula is C13H18F3N3. The van der Waals surface area contributed by atoms with Crippen molar-refractivity contribution in [3.05, 3.63) is 24.0 Å². The van der Waals surface area contributed by atoms with Crippen LogP contribution in [0, 0.1) is 5.92 Å². The Kier molecular flexibility index (Phi) is 3.99. The number of nitrogens with zero attached hydrogens (tertiary/aromatic N) is 2. The minimum atomic E-state index is -4.41. The second-order valence-corrected chi connectivity index (χ2v) is 5.01. The lowest BCUT2D eigenvalue weighted by Crippen LogP contribution is -2.48. The first-order valence-electron chi connectivity index (χ1n) is 6.43. The molecule has 2 atom stereocenters. The van der Waals surface area contributed by atoms with Crippen molar-refractivity contribution in [1.29, 1.82) is 0 Å². The van der Waals surface area contributed by atoms with E-state index < -0.39 is 11.9 Å². The summed E-state index contributed by atoms with van der Waals surface area (Å²) in [5.41, 5.74) is 5.48. The highest BCUT2D eigenvalue weighted by atomic mass is 19.4. The first-order chi connectivity index (χ1) is 8.93. The van der Waals surface area contributed by atoms with Crippen LogP contribution in [0.3, 0.4) is 0 Å². The van der Waals surface area contributed by atoms with Crippen LogP contribution in [0.4, 0.5) is 18.9 Å². The topological polar surface area (TPSA) is 42.2 Å². The van der Waals surface area contributed by atoms with Gasteiger partial charge >= 0.3 is 6.18 Å². The molecule has 1 aromatic heterocycles. The van der Waals surface area contributed by atoms with Crippen molar-refractivity contribution in [3.63, 3.8) is 0 Å². The zero-order valence-corrected chi connectivity index (χ0v) is 10.8. The first kappa shape index (κ1) is 14.1. The van der Waals surface area contributed by atoms with Crippen LogP contribution in [0.15, 0.2) is 18.3 Å². The van der Waals surface area contributed by atoms with E-state index in [4.69, 9.17) is 5.73 Å². The summed E-state index contributed by atoms with van der Waals surface area (Å²) in [5, 5.41) is 0. The van der Waals surface area contributed by atoms with E-state index in [-0.39, 0.29) is 6.04 Å². The monoisotopic (exact) mass is 273 g/mol. The minimum absolute atomic E-state index is 0.0947. The molecule has 1 aliphatic heterocycles. The van der Waals surface area contributed by atoms with E-state index in [2.05, 4.69) is 11.9 Å². The van der Waals surface area contributed by atoms with Crippen molar-refractivity contribution in [2.75, 3.05) is 18.0 Å². The lowest BCUT2D eigenvalue weighted by Gasteiger charge is -2.41. The number of rotatable bonds is 2. The molecule has 1 saturated heterocycles. The summed E-state index contributed by atoms with van der Waals surface area (Å²) in [6.45, 7) is 3.29. The lowest BCUT2D eigenvalue weighted by atomic mass is 9.90. The van der Waals surface area contributed by atoms with Crippen molar-refractivity contribution >= 4 is 5.69 Å². The Labute approximate surface area is 110 Å². The summed E-state index contributed by atoms with van der Waals surface area (Å²) in [7, 11) is 0. The molecule has 0 radical (unpaired) electrons. The second kappa shape index (κ2) is 5.36. The number of alkyl halides is 3. The molecule has 2 N–H and O–H groups in total. The van der Waals surface area contributed by atoms with Gasteiger partial charge in [0.15, 0.2) is 0 Å². The molecule has 3 nitrogen and oxygen atoms in total. The fourth-order valence-electron chi connectivity index (χ4n) is 2.68. The van der Waals surface area contributed by atoms with E-state index in [1.165, 1.54) is 6.20 Å². The van der Waals surface area contributed by atoms with Gasteiger partial charge in [-0.1, -0.05) is 6.92 Å². The summed E-state index contributed by atoms with van der Waals surface area (Å²) in [4.78, 5) is 5.37. The summed E-state index contributed by atoms with van der Waals surface area (Å²) in [6, 6.07) is 2.83. The predicted molar refractivity (Wildman–Crippen MR) is 67.8 cm³/mol. The summed E-state index contributed by atoms with van der Waals surface area (Å²) in [6.07, 6.45) is -1.16. The number of anilines is 1. The zero-order valence-electron chi connectivity index (χ0n) is 10.8. The van der Waals surface area contributed by atoms with E-state index >= 15 is 0 Å². The van der Waals surface area contributed by atoms with Crippen molar-refractivity contribution in [3.8, 4) is 0 Å². The molecular weight excluding hydrogens is 255 g/mol. The molecule has 1 aliphatic rings. The molecule has 2 rings (SSSR count). The molecule has 1 fully saturated rings. The number of aromatic nitrogens is 1. The molecule has 1 aromatic rings. The number of nitrogens with two attached hydrogens (primary N) is 1. The summed E-state index contributed by atoms with van der Waals surface area (Å²) >= 11 is 0. The highest BCUT2D eigenvalue weighted by molar-refractivity contribution is 5.48. The first-order valence-corrected chi connectivity index (χ1v) is 6.43. The van der Waals surface area contributed by atoms with Gasteiger partial charge in [0.25, 0.3) is 0 Å². The van der Waals surface area contributed by atoms with Gasteiger partial charge in [0.05, 0.1) is 0 Å². The number of halogens is 3. The van der Waals surface area contributed by atoms with Gasteiger partial charge in [-0.2, -0.15) is 13.2 Å². The van der Waals surface area contributed by atoms with Gasteiger partial charge in [-0.05, 0) is 30.9 Å². The fourth-order valence-corrected chi connectivity index (χ4v) is 2.68. The van der Waals surface area contributed by atoms with Crippen LogP contribution in [-0.4, -0.2) is 24.1 Å². The van der Waals surface area contributed by atoms with Crippen molar-refractivity contribution in [2.24, 2.45) is 11.7 Å². The Morgan fingerprint density at radius 3 is 2.84 bits per heavy atom. The molecule has 0 spiro atoms. The third-order valence-corrected chi connectivity index (χ3v) is 3.72. The van der Waals surface area contributed by atoms with Crippen molar-refractivity contribution < 1.29 is 13.2 Å². The quantitative estimate of drug-likeness (QED) is 0.900. The van der Waals surface area contributed by atoms with Gasteiger partial charge in [0, 0.05) is 31.0 Å². The molecule has 0 amide bonds. The molecule has 6 heteroatoms. The maximum absolute atomic E-state index is 12.7. The van der Waals surface area contributed by atoms with Gasteiger partial charge in [-0.15, -0.1) is 0 Å². The maximum atomic E-state index is 12.7. The minimum Gasteiger partial charge on any atom is -0.367 e. The maximum Gasteiger partial charge on any atom is 0.433 e. The molecule has 19 heavy (non-hydrogen) atoms. The molecule has 2 unspecified atom stereocenters. The zero-order chi connectivity index (χ0) is 14.0. The molecule has 106 valence electrons. The molecule has 0 aliphatic carbocycles. The molecule has 0 saturated carbocycles. The van der Waals surface area contributed by atoms with Crippen LogP contribution in [0.2, 0.25) is 0 Å². The molecule has 2 heterocycles. The normalized spacial score (nSPS) is 24.6. The Morgan fingerprint density at radius 1 is 1.47 bits per heavy atom. The van der Waals surface area contributed by atoms with E-state index in [9.17, 15) is 13.2 Å². The number of piperidine rings is 1. The smallest absolute Gasteiger partial charge is 0.367 e. The van der Waals surface area contributed by atoms with Crippen LogP contribution in [-0.2, 0) is 6.18 Å². The summed E-state index contributed by atoms with van der Waals surface area (Å²) in [5.74, 6) is 0.390. The van der Waals surface area contributed by atoms with E-state index in [0.29, 0.717) is 18.2 Å². The largest absolute Gasteiger partial charge is 0.433 e. The summed E-state index contributed by atoms with van der Waals surface area (Å²) < 4.78 is 38.1. The van der Waals surface area contributed by atoms with Gasteiger partial charge in [-0.25, -0.2) is 0 Å². The number of hydrogen-bond acceptors (Lipinski definition) is 3. The van der Waals surface area contributed by atoms with E-state index in [1.807, 2.05) is 4.90 Å². The predicted octanol–water partition coefficient (Wildman–Crippen LogP) is 2.66. The number of hydrogen-bond donors (Lipinski definition) is 1. The van der Waals surface area contributed by atoms with Gasteiger partial charge < -0.3 is 10.6 Å². The lowest BCUT2D eigenvalue weighted by molar-refractivity contribution is -0.141. The number of pyridine rings is 1. The standard InChI is InChI=1S/C13H18F3N3/c1-9-3-2-6-19(11(9)8-17)10-4-5-18-12(7-10)13(14,15)16/h4-5,7,9,11H,2-3,6,8,17H2,1H3. The highest BCUT2D eigenvalue weighted by Crippen LogP contribution is 2.32. The SMILES string of the molecule is CC1CCCN(c2ccnc(C(F)(F)F)c2)C1CN. The highest BCUT2D eigenvalue weighted by Gasteiger charge is 2.34. The van der Waals surface area contributed by atoms with Crippen LogP contribution >= 0.6 is 0 Å². The average molecular weight is 273 g/mol. The van der Waals surface area contributed by atoms with Gasteiger partial charge in [-0.3, -0.25) is 4.98 Å². The Morgan fingerprint density at radius 2 is 2.21 bits per heavy atom. The van der Waals surface area contributed by atoms with Crippen molar-refractivity contribution in [2.45, 2.75) is 32.0 Å². The fraction of sp³-hybridized carbons (Fsp3) is 0.615.